The van der Waals surface area contributed by atoms with E-state index in [1.54, 1.807) is 23.1 Å². The molecule has 0 aliphatic carbocycles. The van der Waals surface area contributed by atoms with Gasteiger partial charge in [-0.3, -0.25) is 14.9 Å². The fourth-order valence-electron chi connectivity index (χ4n) is 3.06. The number of hydrogen-bond acceptors (Lipinski definition) is 7. The zero-order chi connectivity index (χ0) is 20.2. The fourth-order valence-corrected chi connectivity index (χ4v) is 5.45. The van der Waals surface area contributed by atoms with E-state index >= 15 is 0 Å². The fraction of sp³-hybridized carbons (Fsp3) is 0.263. The SMILES string of the molecule is O=C(Nc1nnc(SCc2ccc(F)cc2)s1)[C@H]1CCCN1C(=O)c1cccs1. The summed E-state index contributed by atoms with van der Waals surface area (Å²) in [5, 5.41) is 13.2. The number of thioether (sulfide) groups is 1. The second-order valence-electron chi connectivity index (χ2n) is 6.41. The Kier molecular flexibility index (Phi) is 6.22. The molecule has 1 aliphatic rings. The number of nitrogens with one attached hydrogen (secondary N) is 1. The number of anilines is 1. The molecular formula is C19H17FN4O2S3. The van der Waals surface area contributed by atoms with Crippen LogP contribution in [-0.2, 0) is 10.5 Å². The van der Waals surface area contributed by atoms with E-state index < -0.39 is 6.04 Å². The Labute approximate surface area is 179 Å². The molecule has 3 aromatic rings. The Hall–Kier alpha value is -2.30. The van der Waals surface area contributed by atoms with Crippen LogP contribution in [0.25, 0.3) is 0 Å². The minimum Gasteiger partial charge on any atom is -0.326 e. The Morgan fingerprint density at radius 3 is 2.83 bits per heavy atom. The topological polar surface area (TPSA) is 75.2 Å². The van der Waals surface area contributed by atoms with Crippen LogP contribution in [-0.4, -0.2) is 39.5 Å². The van der Waals surface area contributed by atoms with E-state index in [1.807, 2.05) is 11.4 Å². The van der Waals surface area contributed by atoms with Crippen LogP contribution in [0.2, 0.25) is 0 Å². The van der Waals surface area contributed by atoms with E-state index in [2.05, 4.69) is 15.5 Å². The number of carbonyl (C=O) groups excluding carboxylic acids is 2. The molecule has 2 amide bonds. The summed E-state index contributed by atoms with van der Waals surface area (Å²) in [6.07, 6.45) is 1.43. The third kappa shape index (κ3) is 4.82. The molecule has 2 aromatic heterocycles. The van der Waals surface area contributed by atoms with Gasteiger partial charge in [-0.15, -0.1) is 21.5 Å². The molecule has 1 saturated heterocycles. The molecule has 150 valence electrons. The normalized spacial score (nSPS) is 16.2. The van der Waals surface area contributed by atoms with Crippen molar-refractivity contribution in [2.24, 2.45) is 0 Å². The van der Waals surface area contributed by atoms with Crippen molar-refractivity contribution in [3.8, 4) is 0 Å². The van der Waals surface area contributed by atoms with Gasteiger partial charge in [-0.05, 0) is 42.0 Å². The summed E-state index contributed by atoms with van der Waals surface area (Å²) in [7, 11) is 0. The number of hydrogen-bond donors (Lipinski definition) is 1. The first-order chi connectivity index (χ1) is 14.1. The molecule has 10 heteroatoms. The van der Waals surface area contributed by atoms with E-state index in [0.29, 0.717) is 33.1 Å². The van der Waals surface area contributed by atoms with Crippen LogP contribution < -0.4 is 5.32 Å². The molecule has 0 spiro atoms. The van der Waals surface area contributed by atoms with E-state index in [-0.39, 0.29) is 17.6 Å². The molecule has 0 radical (unpaired) electrons. The molecule has 1 aliphatic heterocycles. The van der Waals surface area contributed by atoms with Crippen LogP contribution in [0.5, 0.6) is 0 Å². The highest BCUT2D eigenvalue weighted by Crippen LogP contribution is 2.29. The predicted octanol–water partition coefficient (Wildman–Crippen LogP) is 4.27. The highest BCUT2D eigenvalue weighted by atomic mass is 32.2. The predicted molar refractivity (Wildman–Crippen MR) is 113 cm³/mol. The molecule has 1 aromatic carbocycles. The molecule has 4 rings (SSSR count). The van der Waals surface area contributed by atoms with Crippen LogP contribution in [0.3, 0.4) is 0 Å². The molecule has 3 heterocycles. The lowest BCUT2D eigenvalue weighted by Crippen LogP contribution is -2.42. The number of carbonyl (C=O) groups is 2. The molecule has 0 bridgehead atoms. The second kappa shape index (κ2) is 9.02. The van der Waals surface area contributed by atoms with Crippen LogP contribution >= 0.6 is 34.4 Å². The zero-order valence-corrected chi connectivity index (χ0v) is 17.7. The number of likely N-dealkylation sites (tertiary alicyclic amines) is 1. The standard InChI is InChI=1S/C19H17FN4O2S3/c20-13-7-5-12(6-8-13)11-28-19-23-22-18(29-19)21-16(25)14-3-1-9-24(14)17(26)15-4-2-10-27-15/h2,4-8,10,14H,1,3,9,11H2,(H,21,22,25)/t14-/m1/s1. The number of halogens is 1. The van der Waals surface area contributed by atoms with Crippen molar-refractivity contribution >= 4 is 51.4 Å². The maximum absolute atomic E-state index is 13.0. The molecule has 0 unspecified atom stereocenters. The first-order valence-corrected chi connectivity index (χ1v) is 11.6. The average Bonchev–Trinajstić information content (AvgIpc) is 3.48. The van der Waals surface area contributed by atoms with Gasteiger partial charge in [0.2, 0.25) is 11.0 Å². The van der Waals surface area contributed by atoms with Gasteiger partial charge >= 0.3 is 0 Å². The summed E-state index contributed by atoms with van der Waals surface area (Å²) in [5.74, 6) is 0.0245. The van der Waals surface area contributed by atoms with E-state index in [0.717, 1.165) is 12.0 Å². The first-order valence-electron chi connectivity index (χ1n) is 8.96. The smallest absolute Gasteiger partial charge is 0.264 e. The Balaban J connectivity index is 1.34. The van der Waals surface area contributed by atoms with Gasteiger partial charge in [0, 0.05) is 12.3 Å². The molecule has 6 nitrogen and oxygen atoms in total. The van der Waals surface area contributed by atoms with Crippen molar-refractivity contribution in [3.05, 3.63) is 58.0 Å². The van der Waals surface area contributed by atoms with Gasteiger partial charge in [-0.2, -0.15) is 0 Å². The van der Waals surface area contributed by atoms with Crippen molar-refractivity contribution in [2.45, 2.75) is 29.0 Å². The van der Waals surface area contributed by atoms with Crippen LogP contribution in [0.15, 0.2) is 46.1 Å². The van der Waals surface area contributed by atoms with Gasteiger partial charge in [0.1, 0.15) is 11.9 Å². The highest BCUT2D eigenvalue weighted by Gasteiger charge is 2.35. The molecule has 1 fully saturated rings. The number of benzene rings is 1. The summed E-state index contributed by atoms with van der Waals surface area (Å²) < 4.78 is 13.7. The Bertz CT molecular complexity index is 991. The van der Waals surface area contributed by atoms with Gasteiger partial charge in [0.15, 0.2) is 4.34 Å². The van der Waals surface area contributed by atoms with Gasteiger partial charge in [0.25, 0.3) is 5.91 Å². The monoisotopic (exact) mass is 448 g/mol. The molecule has 1 atom stereocenters. The molecule has 1 N–H and O–H groups in total. The number of nitrogens with zero attached hydrogens (tertiary/aromatic N) is 3. The van der Waals surface area contributed by atoms with Crippen molar-refractivity contribution in [3.63, 3.8) is 0 Å². The van der Waals surface area contributed by atoms with Crippen LogP contribution in [0.4, 0.5) is 9.52 Å². The van der Waals surface area contributed by atoms with Gasteiger partial charge in [-0.1, -0.05) is 41.3 Å². The van der Waals surface area contributed by atoms with Crippen molar-refractivity contribution in [2.75, 3.05) is 11.9 Å². The van der Waals surface area contributed by atoms with E-state index in [1.165, 1.54) is 46.6 Å². The highest BCUT2D eigenvalue weighted by molar-refractivity contribution is 8.00. The summed E-state index contributed by atoms with van der Waals surface area (Å²) in [4.78, 5) is 27.6. The second-order valence-corrected chi connectivity index (χ2v) is 9.56. The summed E-state index contributed by atoms with van der Waals surface area (Å²) >= 11 is 4.13. The first kappa shape index (κ1) is 20.0. The minimum atomic E-state index is -0.496. The van der Waals surface area contributed by atoms with E-state index in [9.17, 15) is 14.0 Å². The van der Waals surface area contributed by atoms with Gasteiger partial charge in [0.05, 0.1) is 4.88 Å². The summed E-state index contributed by atoms with van der Waals surface area (Å²) in [6.45, 7) is 0.573. The third-order valence-corrected chi connectivity index (χ3v) is 7.36. The maximum atomic E-state index is 13.0. The van der Waals surface area contributed by atoms with E-state index in [4.69, 9.17) is 0 Å². The number of thiophene rings is 1. The average molecular weight is 449 g/mol. The Morgan fingerprint density at radius 2 is 2.07 bits per heavy atom. The molecule has 0 saturated carbocycles. The lowest BCUT2D eigenvalue weighted by molar-refractivity contribution is -0.119. The largest absolute Gasteiger partial charge is 0.326 e. The number of rotatable bonds is 6. The van der Waals surface area contributed by atoms with Crippen LogP contribution in [0.1, 0.15) is 28.1 Å². The molecule has 29 heavy (non-hydrogen) atoms. The Morgan fingerprint density at radius 1 is 1.24 bits per heavy atom. The lowest BCUT2D eigenvalue weighted by atomic mass is 10.2. The quantitative estimate of drug-likeness (QED) is 0.450. The van der Waals surface area contributed by atoms with Gasteiger partial charge in [-0.25, -0.2) is 4.39 Å². The van der Waals surface area contributed by atoms with Crippen molar-refractivity contribution < 1.29 is 14.0 Å². The summed E-state index contributed by atoms with van der Waals surface area (Å²) in [6, 6.07) is 9.41. The minimum absolute atomic E-state index is 0.106. The summed E-state index contributed by atoms with van der Waals surface area (Å²) in [5.41, 5.74) is 0.978. The van der Waals surface area contributed by atoms with Crippen molar-refractivity contribution in [1.29, 1.82) is 0 Å². The van der Waals surface area contributed by atoms with Gasteiger partial charge < -0.3 is 4.90 Å². The number of aromatic nitrogens is 2. The third-order valence-electron chi connectivity index (χ3n) is 4.46. The molecular weight excluding hydrogens is 431 g/mol. The zero-order valence-electron chi connectivity index (χ0n) is 15.2. The van der Waals surface area contributed by atoms with Crippen LogP contribution in [0, 0.1) is 5.82 Å². The maximum Gasteiger partial charge on any atom is 0.264 e. The lowest BCUT2D eigenvalue weighted by Gasteiger charge is -2.22. The number of amides is 2. The van der Waals surface area contributed by atoms with Crippen molar-refractivity contribution in [1.82, 2.24) is 15.1 Å².